The number of aldehydes is 1. The van der Waals surface area contributed by atoms with Gasteiger partial charge in [0.2, 0.25) is 0 Å². The fourth-order valence-corrected chi connectivity index (χ4v) is 2.76. The van der Waals surface area contributed by atoms with Gasteiger partial charge in [0.05, 0.1) is 16.3 Å². The van der Waals surface area contributed by atoms with Crippen molar-refractivity contribution in [2.75, 3.05) is 0 Å². The lowest BCUT2D eigenvalue weighted by atomic mass is 10.1. The molecule has 0 aliphatic carbocycles. The summed E-state index contributed by atoms with van der Waals surface area (Å²) in [6.07, 6.45) is 2.37. The smallest absolute Gasteiger partial charge is 0.153 e. The molecule has 23 heavy (non-hydrogen) atoms. The number of rotatable bonds is 4. The number of carbonyl (C=O) groups excluding carboxylic acids is 1. The first-order valence-electron chi connectivity index (χ1n) is 6.85. The second-order valence-corrected chi connectivity index (χ2v) is 5.72. The summed E-state index contributed by atoms with van der Waals surface area (Å²) < 4.78 is 1.55. The number of halogens is 2. The van der Waals surface area contributed by atoms with E-state index in [4.69, 9.17) is 23.2 Å². The first-order valence-corrected chi connectivity index (χ1v) is 7.61. The Morgan fingerprint density at radius 1 is 1.04 bits per heavy atom. The molecule has 0 N–H and O–H groups in total. The predicted octanol–water partition coefficient (Wildman–Crippen LogP) is 5.19. The van der Waals surface area contributed by atoms with E-state index in [1.54, 1.807) is 23.0 Å². The number of aromatic nitrogens is 2. The van der Waals surface area contributed by atoms with Crippen LogP contribution in [0.1, 0.15) is 15.9 Å². The van der Waals surface area contributed by atoms with Crippen LogP contribution in [0.25, 0.3) is 17.0 Å². The minimum Gasteiger partial charge on any atom is -0.298 e. The SMILES string of the molecule is C=C(c1ccccc1Cl)n1cc(C=O)c(-c2ccccc2Cl)n1. The van der Waals surface area contributed by atoms with Gasteiger partial charge >= 0.3 is 0 Å². The van der Waals surface area contributed by atoms with Crippen LogP contribution in [0.5, 0.6) is 0 Å². The lowest BCUT2D eigenvalue weighted by Crippen LogP contribution is -1.99. The second-order valence-electron chi connectivity index (χ2n) is 4.90. The number of benzene rings is 2. The van der Waals surface area contributed by atoms with Crippen molar-refractivity contribution >= 4 is 35.2 Å². The standard InChI is InChI=1S/C18H12Cl2N2O/c1-12(14-6-2-4-8-16(14)19)22-10-13(11-23)18(21-22)15-7-3-5-9-17(15)20/h2-11H,1H2. The molecule has 0 fully saturated rings. The fourth-order valence-electron chi connectivity index (χ4n) is 2.29. The summed E-state index contributed by atoms with van der Waals surface area (Å²) in [4.78, 5) is 11.4. The molecule has 1 aromatic heterocycles. The highest BCUT2D eigenvalue weighted by atomic mass is 35.5. The Morgan fingerprint density at radius 2 is 1.70 bits per heavy atom. The lowest BCUT2D eigenvalue weighted by Gasteiger charge is -2.07. The third kappa shape index (κ3) is 2.93. The highest BCUT2D eigenvalue weighted by Crippen LogP contribution is 2.30. The van der Waals surface area contributed by atoms with Crippen molar-refractivity contribution in [3.63, 3.8) is 0 Å². The van der Waals surface area contributed by atoms with Gasteiger partial charge in [0, 0.05) is 22.3 Å². The first kappa shape index (κ1) is 15.5. The van der Waals surface area contributed by atoms with Gasteiger partial charge in [0.25, 0.3) is 0 Å². The van der Waals surface area contributed by atoms with Crippen LogP contribution in [-0.2, 0) is 0 Å². The molecule has 5 heteroatoms. The van der Waals surface area contributed by atoms with Crippen LogP contribution in [0.4, 0.5) is 0 Å². The van der Waals surface area contributed by atoms with Crippen LogP contribution in [0.2, 0.25) is 10.0 Å². The molecule has 114 valence electrons. The van der Waals surface area contributed by atoms with Gasteiger partial charge in [-0.25, -0.2) is 4.68 Å². The summed E-state index contributed by atoms with van der Waals surface area (Å²) in [6.45, 7) is 4.03. The van der Waals surface area contributed by atoms with Crippen LogP contribution in [-0.4, -0.2) is 16.1 Å². The average molecular weight is 343 g/mol. The maximum atomic E-state index is 11.4. The van der Waals surface area contributed by atoms with Crippen LogP contribution < -0.4 is 0 Å². The Balaban J connectivity index is 2.10. The minimum absolute atomic E-state index is 0.436. The van der Waals surface area contributed by atoms with E-state index in [-0.39, 0.29) is 0 Å². The maximum Gasteiger partial charge on any atom is 0.153 e. The summed E-state index contributed by atoms with van der Waals surface area (Å²) in [5.74, 6) is 0. The quantitative estimate of drug-likeness (QED) is 0.611. The Kier molecular flexibility index (Phi) is 4.33. The molecule has 2 aromatic carbocycles. The van der Waals surface area contributed by atoms with Gasteiger partial charge in [-0.1, -0.05) is 66.2 Å². The number of carbonyl (C=O) groups is 1. The molecule has 0 bridgehead atoms. The Hall–Kier alpha value is -2.36. The molecule has 0 aliphatic rings. The van der Waals surface area contributed by atoms with Gasteiger partial charge in [-0.15, -0.1) is 0 Å². The van der Waals surface area contributed by atoms with E-state index in [1.807, 2.05) is 36.4 Å². The van der Waals surface area contributed by atoms with Crippen LogP contribution in [0.15, 0.2) is 61.3 Å². The Morgan fingerprint density at radius 3 is 2.35 bits per heavy atom. The van der Waals surface area contributed by atoms with Gasteiger partial charge < -0.3 is 0 Å². The van der Waals surface area contributed by atoms with Crippen molar-refractivity contribution in [3.05, 3.63) is 82.5 Å². The molecule has 0 unspecified atom stereocenters. The lowest BCUT2D eigenvalue weighted by molar-refractivity contribution is 0.112. The molecule has 0 spiro atoms. The second kappa shape index (κ2) is 6.41. The summed E-state index contributed by atoms with van der Waals surface area (Å²) in [5.41, 5.74) is 2.98. The van der Waals surface area contributed by atoms with E-state index < -0.39 is 0 Å². The zero-order valence-corrected chi connectivity index (χ0v) is 13.6. The van der Waals surface area contributed by atoms with Crippen molar-refractivity contribution in [1.29, 1.82) is 0 Å². The third-order valence-corrected chi connectivity index (χ3v) is 4.12. The van der Waals surface area contributed by atoms with Crippen LogP contribution in [0, 0.1) is 0 Å². The normalized spacial score (nSPS) is 10.5. The van der Waals surface area contributed by atoms with Gasteiger partial charge in [0.1, 0.15) is 5.69 Å². The molecule has 0 radical (unpaired) electrons. The number of nitrogens with zero attached hydrogens (tertiary/aromatic N) is 2. The van der Waals surface area contributed by atoms with Crippen molar-refractivity contribution in [2.24, 2.45) is 0 Å². The first-order chi connectivity index (χ1) is 11.1. The largest absolute Gasteiger partial charge is 0.298 e. The molecule has 0 atom stereocenters. The monoisotopic (exact) mass is 342 g/mol. The zero-order valence-electron chi connectivity index (χ0n) is 12.0. The van der Waals surface area contributed by atoms with Gasteiger partial charge in [-0.05, 0) is 12.1 Å². The molecule has 1 heterocycles. The topological polar surface area (TPSA) is 34.9 Å². The van der Waals surface area contributed by atoms with Gasteiger partial charge in [-0.3, -0.25) is 4.79 Å². The van der Waals surface area contributed by atoms with Crippen LogP contribution >= 0.6 is 23.2 Å². The van der Waals surface area contributed by atoms with E-state index in [0.717, 1.165) is 11.8 Å². The highest BCUT2D eigenvalue weighted by molar-refractivity contribution is 6.33. The van der Waals surface area contributed by atoms with Crippen molar-refractivity contribution < 1.29 is 4.79 Å². The molecular weight excluding hydrogens is 331 g/mol. The summed E-state index contributed by atoms with van der Waals surface area (Å²) in [5, 5.41) is 5.57. The van der Waals surface area contributed by atoms with Gasteiger partial charge in [0.15, 0.2) is 6.29 Å². The summed E-state index contributed by atoms with van der Waals surface area (Å²) >= 11 is 12.4. The van der Waals surface area contributed by atoms with E-state index in [0.29, 0.717) is 32.6 Å². The summed E-state index contributed by atoms with van der Waals surface area (Å²) in [7, 11) is 0. The Bertz CT molecular complexity index is 900. The molecule has 0 saturated heterocycles. The minimum atomic E-state index is 0.436. The molecule has 0 aliphatic heterocycles. The molecule has 3 rings (SSSR count). The molecule has 3 nitrogen and oxygen atoms in total. The van der Waals surface area contributed by atoms with Crippen molar-refractivity contribution in [2.45, 2.75) is 0 Å². The fraction of sp³-hybridized carbons (Fsp3) is 0. The van der Waals surface area contributed by atoms with Crippen molar-refractivity contribution in [1.82, 2.24) is 9.78 Å². The van der Waals surface area contributed by atoms with E-state index >= 15 is 0 Å². The molecule has 0 amide bonds. The van der Waals surface area contributed by atoms with Crippen molar-refractivity contribution in [3.8, 4) is 11.3 Å². The highest BCUT2D eigenvalue weighted by Gasteiger charge is 2.15. The van der Waals surface area contributed by atoms with Crippen LogP contribution in [0.3, 0.4) is 0 Å². The molecular formula is C18H12Cl2N2O. The van der Waals surface area contributed by atoms with E-state index in [1.165, 1.54) is 0 Å². The maximum absolute atomic E-state index is 11.4. The van der Waals surface area contributed by atoms with Gasteiger partial charge in [-0.2, -0.15) is 5.10 Å². The predicted molar refractivity (Wildman–Crippen MR) is 93.9 cm³/mol. The average Bonchev–Trinajstić information content (AvgIpc) is 2.99. The number of hydrogen-bond donors (Lipinski definition) is 0. The summed E-state index contributed by atoms with van der Waals surface area (Å²) in [6, 6.07) is 14.6. The number of hydrogen-bond acceptors (Lipinski definition) is 2. The zero-order chi connectivity index (χ0) is 16.4. The third-order valence-electron chi connectivity index (χ3n) is 3.46. The Labute approximate surface area is 143 Å². The molecule has 0 saturated carbocycles. The molecule has 3 aromatic rings. The van der Waals surface area contributed by atoms with E-state index in [2.05, 4.69) is 11.7 Å². The van der Waals surface area contributed by atoms with E-state index in [9.17, 15) is 4.79 Å².